The molecule has 2 aromatic rings. The van der Waals surface area contributed by atoms with Crippen molar-refractivity contribution in [2.45, 2.75) is 25.8 Å². The highest BCUT2D eigenvalue weighted by molar-refractivity contribution is 7.91. The van der Waals surface area contributed by atoms with Gasteiger partial charge in [0.05, 0.1) is 17.1 Å². The van der Waals surface area contributed by atoms with Crippen LogP contribution in [0.1, 0.15) is 29.3 Å². The lowest BCUT2D eigenvalue weighted by molar-refractivity contribution is 0.0707. The summed E-state index contributed by atoms with van der Waals surface area (Å²) < 4.78 is 23.4. The predicted octanol–water partition coefficient (Wildman–Crippen LogP) is 1.78. The molecule has 0 bridgehead atoms. The molecular formula is C19H24N4O3S. The second kappa shape index (κ2) is 8.47. The van der Waals surface area contributed by atoms with Crippen LogP contribution in [0.15, 0.2) is 42.7 Å². The van der Waals surface area contributed by atoms with E-state index in [2.05, 4.69) is 27.4 Å². The predicted molar refractivity (Wildman–Crippen MR) is 104 cm³/mol. The lowest BCUT2D eigenvalue weighted by Crippen LogP contribution is -2.41. The molecule has 0 aliphatic carbocycles. The van der Waals surface area contributed by atoms with Crippen molar-refractivity contribution in [2.24, 2.45) is 0 Å². The summed E-state index contributed by atoms with van der Waals surface area (Å²) in [4.78, 5) is 22.7. The van der Waals surface area contributed by atoms with Crippen molar-refractivity contribution in [3.8, 4) is 0 Å². The maximum atomic E-state index is 12.7. The van der Waals surface area contributed by atoms with E-state index in [-0.39, 0.29) is 23.5 Å². The SMILES string of the molecule is CCN(C(=O)c1cnc(NCCc2ccccc2)nc1)C1CCS(=O)(=O)C1. The summed E-state index contributed by atoms with van der Waals surface area (Å²) in [5.74, 6) is 0.416. The second-order valence-corrected chi connectivity index (χ2v) is 8.83. The van der Waals surface area contributed by atoms with E-state index in [1.807, 2.05) is 25.1 Å². The molecule has 0 saturated carbocycles. The Hall–Kier alpha value is -2.48. The maximum Gasteiger partial charge on any atom is 0.257 e. The summed E-state index contributed by atoms with van der Waals surface area (Å²) in [6.07, 6.45) is 4.32. The van der Waals surface area contributed by atoms with Crippen molar-refractivity contribution in [3.05, 3.63) is 53.9 Å². The first-order valence-corrected chi connectivity index (χ1v) is 10.9. The van der Waals surface area contributed by atoms with Gasteiger partial charge in [-0.15, -0.1) is 0 Å². The highest BCUT2D eigenvalue weighted by atomic mass is 32.2. The Morgan fingerprint density at radius 2 is 1.93 bits per heavy atom. The molecule has 1 aromatic heterocycles. The molecule has 1 saturated heterocycles. The normalized spacial score (nSPS) is 18.2. The molecule has 1 unspecified atom stereocenters. The summed E-state index contributed by atoms with van der Waals surface area (Å²) in [6, 6.07) is 9.84. The molecule has 1 N–H and O–H groups in total. The van der Waals surface area contributed by atoms with Crippen molar-refractivity contribution in [2.75, 3.05) is 29.9 Å². The Morgan fingerprint density at radius 1 is 1.22 bits per heavy atom. The molecule has 7 nitrogen and oxygen atoms in total. The number of amides is 1. The van der Waals surface area contributed by atoms with E-state index in [1.165, 1.54) is 18.0 Å². The number of aromatic nitrogens is 2. The van der Waals surface area contributed by atoms with Gasteiger partial charge in [-0.1, -0.05) is 30.3 Å². The number of benzene rings is 1. The smallest absolute Gasteiger partial charge is 0.257 e. The summed E-state index contributed by atoms with van der Waals surface area (Å²) in [5.41, 5.74) is 1.59. The molecule has 8 heteroatoms. The minimum absolute atomic E-state index is 0.0343. The third kappa shape index (κ3) is 5.03. The molecule has 3 rings (SSSR count). The van der Waals surface area contributed by atoms with Crippen LogP contribution < -0.4 is 5.32 Å². The highest BCUT2D eigenvalue weighted by Crippen LogP contribution is 2.19. The van der Waals surface area contributed by atoms with Gasteiger partial charge in [-0.25, -0.2) is 18.4 Å². The molecule has 2 heterocycles. The van der Waals surface area contributed by atoms with Crippen LogP contribution in [-0.4, -0.2) is 59.8 Å². The maximum absolute atomic E-state index is 12.7. The highest BCUT2D eigenvalue weighted by Gasteiger charge is 2.34. The van der Waals surface area contributed by atoms with Crippen LogP contribution in [0.2, 0.25) is 0 Å². The van der Waals surface area contributed by atoms with E-state index in [0.29, 0.717) is 31.0 Å². The number of carbonyl (C=O) groups is 1. The number of hydrogen-bond donors (Lipinski definition) is 1. The van der Waals surface area contributed by atoms with Gasteiger partial charge in [-0.2, -0.15) is 0 Å². The van der Waals surface area contributed by atoms with E-state index in [0.717, 1.165) is 6.42 Å². The summed E-state index contributed by atoms with van der Waals surface area (Å²) >= 11 is 0. The van der Waals surface area contributed by atoms with E-state index >= 15 is 0 Å². The molecular weight excluding hydrogens is 364 g/mol. The van der Waals surface area contributed by atoms with Gasteiger partial charge < -0.3 is 10.2 Å². The number of carbonyl (C=O) groups excluding carboxylic acids is 1. The van der Waals surface area contributed by atoms with E-state index < -0.39 is 9.84 Å². The fourth-order valence-electron chi connectivity index (χ4n) is 3.25. The molecule has 1 aliphatic rings. The Labute approximate surface area is 159 Å². The third-order valence-electron chi connectivity index (χ3n) is 4.69. The lowest BCUT2D eigenvalue weighted by Gasteiger charge is -2.26. The molecule has 1 fully saturated rings. The van der Waals surface area contributed by atoms with Crippen molar-refractivity contribution < 1.29 is 13.2 Å². The third-order valence-corrected chi connectivity index (χ3v) is 6.44. The zero-order valence-corrected chi connectivity index (χ0v) is 16.2. The Balaban J connectivity index is 1.58. The fraction of sp³-hybridized carbons (Fsp3) is 0.421. The number of hydrogen-bond acceptors (Lipinski definition) is 6. The monoisotopic (exact) mass is 388 g/mol. The second-order valence-electron chi connectivity index (χ2n) is 6.61. The largest absolute Gasteiger partial charge is 0.354 e. The molecule has 27 heavy (non-hydrogen) atoms. The molecule has 0 spiro atoms. The number of sulfone groups is 1. The van der Waals surface area contributed by atoms with Crippen molar-refractivity contribution in [3.63, 3.8) is 0 Å². The summed E-state index contributed by atoms with van der Waals surface area (Å²) in [6.45, 7) is 3.00. The molecule has 0 radical (unpaired) electrons. The lowest BCUT2D eigenvalue weighted by atomic mass is 10.1. The topological polar surface area (TPSA) is 92.3 Å². The van der Waals surface area contributed by atoms with Crippen LogP contribution in [-0.2, 0) is 16.3 Å². The Bertz CT molecular complexity index is 870. The minimum Gasteiger partial charge on any atom is -0.354 e. The number of nitrogens with one attached hydrogen (secondary N) is 1. The van der Waals surface area contributed by atoms with Crippen LogP contribution in [0.4, 0.5) is 5.95 Å². The van der Waals surface area contributed by atoms with Gasteiger partial charge in [-0.05, 0) is 25.3 Å². The van der Waals surface area contributed by atoms with Gasteiger partial charge in [0.25, 0.3) is 5.91 Å². The zero-order valence-electron chi connectivity index (χ0n) is 15.3. The standard InChI is InChI=1S/C19H24N4O3S/c1-2-23(17-9-11-27(25,26)14-17)18(24)16-12-21-19(22-13-16)20-10-8-15-6-4-3-5-7-15/h3-7,12-13,17H,2,8-11,14H2,1H3,(H,20,21,22). The molecule has 1 amide bonds. The average molecular weight is 388 g/mol. The molecule has 144 valence electrons. The molecule has 1 atom stereocenters. The minimum atomic E-state index is -3.04. The molecule has 1 aliphatic heterocycles. The first-order chi connectivity index (χ1) is 13.0. The van der Waals surface area contributed by atoms with E-state index in [4.69, 9.17) is 0 Å². The van der Waals surface area contributed by atoms with Crippen LogP contribution in [0.3, 0.4) is 0 Å². The summed E-state index contributed by atoms with van der Waals surface area (Å²) in [7, 11) is -3.04. The van der Waals surface area contributed by atoms with Crippen molar-refractivity contribution in [1.29, 1.82) is 0 Å². The van der Waals surface area contributed by atoms with E-state index in [1.54, 1.807) is 4.90 Å². The van der Waals surface area contributed by atoms with Crippen molar-refractivity contribution >= 4 is 21.7 Å². The Kier molecular flexibility index (Phi) is 6.05. The van der Waals surface area contributed by atoms with Gasteiger partial charge in [0, 0.05) is 31.5 Å². The van der Waals surface area contributed by atoms with Gasteiger partial charge in [0.15, 0.2) is 9.84 Å². The van der Waals surface area contributed by atoms with Gasteiger partial charge in [-0.3, -0.25) is 4.79 Å². The van der Waals surface area contributed by atoms with Crippen LogP contribution in [0.25, 0.3) is 0 Å². The number of anilines is 1. The van der Waals surface area contributed by atoms with E-state index in [9.17, 15) is 13.2 Å². The molecule has 1 aromatic carbocycles. The van der Waals surface area contributed by atoms with Crippen LogP contribution in [0, 0.1) is 0 Å². The van der Waals surface area contributed by atoms with Crippen molar-refractivity contribution in [1.82, 2.24) is 14.9 Å². The first kappa shape index (κ1) is 19.3. The zero-order chi connectivity index (χ0) is 19.3. The van der Waals surface area contributed by atoms with Crippen LogP contribution in [0.5, 0.6) is 0 Å². The quantitative estimate of drug-likeness (QED) is 0.777. The number of rotatable bonds is 7. The van der Waals surface area contributed by atoms with Crippen LogP contribution >= 0.6 is 0 Å². The average Bonchev–Trinajstić information content (AvgIpc) is 3.03. The number of nitrogens with zero attached hydrogens (tertiary/aromatic N) is 3. The van der Waals surface area contributed by atoms with Gasteiger partial charge in [0.2, 0.25) is 5.95 Å². The van der Waals surface area contributed by atoms with Gasteiger partial charge >= 0.3 is 0 Å². The Morgan fingerprint density at radius 3 is 2.52 bits per heavy atom. The summed E-state index contributed by atoms with van der Waals surface area (Å²) in [5, 5.41) is 3.14. The fourth-order valence-corrected chi connectivity index (χ4v) is 4.98. The van der Waals surface area contributed by atoms with Gasteiger partial charge in [0.1, 0.15) is 0 Å². The first-order valence-electron chi connectivity index (χ1n) is 9.10.